The highest BCUT2D eigenvalue weighted by atomic mass is 16.5. The molecule has 0 saturated carbocycles. The molecule has 1 aliphatic heterocycles. The third-order valence-corrected chi connectivity index (χ3v) is 5.72. The Balaban J connectivity index is 1.68. The lowest BCUT2D eigenvalue weighted by molar-refractivity contribution is 0.00596. The molecule has 5 rings (SSSR count). The van der Waals surface area contributed by atoms with Gasteiger partial charge in [-0.05, 0) is 31.4 Å². The maximum Gasteiger partial charge on any atom is 0.160 e. The number of aromatic nitrogens is 5. The Bertz CT molecular complexity index is 1350. The molecule has 3 aromatic heterocycles. The van der Waals surface area contributed by atoms with E-state index in [0.29, 0.717) is 23.5 Å². The average molecular weight is 447 g/mol. The van der Waals surface area contributed by atoms with Crippen molar-refractivity contribution < 1.29 is 14.6 Å². The van der Waals surface area contributed by atoms with Gasteiger partial charge in [-0.2, -0.15) is 5.10 Å². The maximum atomic E-state index is 10.1. The van der Waals surface area contributed by atoms with Crippen LogP contribution in [0.25, 0.3) is 22.4 Å². The van der Waals surface area contributed by atoms with Crippen LogP contribution in [0.3, 0.4) is 0 Å². The van der Waals surface area contributed by atoms with Gasteiger partial charge in [0.2, 0.25) is 0 Å². The maximum absolute atomic E-state index is 10.1. The van der Waals surface area contributed by atoms with Gasteiger partial charge in [0.1, 0.15) is 22.5 Å². The quantitative estimate of drug-likeness (QED) is 0.505. The first-order valence-electron chi connectivity index (χ1n) is 11.0. The van der Waals surface area contributed by atoms with Crippen LogP contribution in [0.2, 0.25) is 0 Å². The Morgan fingerprint density at radius 1 is 1.21 bits per heavy atom. The van der Waals surface area contributed by atoms with E-state index in [1.807, 2.05) is 25.4 Å². The zero-order valence-electron chi connectivity index (χ0n) is 18.7. The van der Waals surface area contributed by atoms with Crippen molar-refractivity contribution in [3.63, 3.8) is 0 Å². The number of pyridine rings is 1. The minimum absolute atomic E-state index is 0.0749. The fraction of sp³-hybridized carbons (Fsp3) is 0.333. The summed E-state index contributed by atoms with van der Waals surface area (Å²) in [7, 11) is 3.43. The molecule has 1 saturated heterocycles. The SMILES string of the molecule is COc1cc(O)cc(/N=c2\ccc3ncc(-c4cnn(C)c4)nc3n2CC2CCCCO2)c1. The molecule has 1 fully saturated rings. The monoisotopic (exact) mass is 446 g/mol. The van der Waals surface area contributed by atoms with Crippen LogP contribution in [0.5, 0.6) is 11.5 Å². The predicted octanol–water partition coefficient (Wildman–Crippen LogP) is 3.35. The fourth-order valence-electron chi connectivity index (χ4n) is 4.06. The zero-order chi connectivity index (χ0) is 22.8. The average Bonchev–Trinajstić information content (AvgIpc) is 3.27. The van der Waals surface area contributed by atoms with Gasteiger partial charge in [0.05, 0.1) is 43.5 Å². The summed E-state index contributed by atoms with van der Waals surface area (Å²) in [4.78, 5) is 14.4. The van der Waals surface area contributed by atoms with E-state index in [1.165, 1.54) is 0 Å². The third-order valence-electron chi connectivity index (χ3n) is 5.72. The van der Waals surface area contributed by atoms with E-state index in [4.69, 9.17) is 19.5 Å². The molecular formula is C24H26N6O3. The van der Waals surface area contributed by atoms with Gasteiger partial charge >= 0.3 is 0 Å². The number of hydrogen-bond donors (Lipinski definition) is 1. The largest absolute Gasteiger partial charge is 0.508 e. The van der Waals surface area contributed by atoms with Crippen molar-refractivity contribution in [3.05, 3.63) is 54.4 Å². The number of methoxy groups -OCH3 is 1. The minimum atomic E-state index is 0.0749. The summed E-state index contributed by atoms with van der Waals surface area (Å²) in [6, 6.07) is 8.76. The minimum Gasteiger partial charge on any atom is -0.508 e. The smallest absolute Gasteiger partial charge is 0.160 e. The third kappa shape index (κ3) is 4.58. The van der Waals surface area contributed by atoms with Gasteiger partial charge in [-0.25, -0.2) is 9.98 Å². The summed E-state index contributed by atoms with van der Waals surface area (Å²) in [5, 5.41) is 14.3. The Labute approximate surface area is 191 Å². The fourth-order valence-corrected chi connectivity index (χ4v) is 4.06. The molecule has 4 heterocycles. The molecule has 0 radical (unpaired) electrons. The molecule has 1 atom stereocenters. The molecule has 0 aliphatic carbocycles. The van der Waals surface area contributed by atoms with E-state index in [2.05, 4.69) is 14.6 Å². The number of nitrogens with zero attached hydrogens (tertiary/aromatic N) is 6. The van der Waals surface area contributed by atoms with E-state index in [9.17, 15) is 5.11 Å². The predicted molar refractivity (Wildman–Crippen MR) is 123 cm³/mol. The molecule has 0 spiro atoms. The summed E-state index contributed by atoms with van der Waals surface area (Å²) in [5.74, 6) is 0.630. The van der Waals surface area contributed by atoms with Crippen LogP contribution in [0.15, 0.2) is 53.9 Å². The number of phenolic OH excluding ortho intramolecular Hbond substituents is 1. The van der Waals surface area contributed by atoms with Gasteiger partial charge in [0.25, 0.3) is 0 Å². The standard InChI is InChI=1S/C24H26N6O3/c1-29-14-16(12-26-29)22-13-25-21-6-7-23(27-17-9-18(31)11-20(10-17)32-2)30(24(21)28-22)15-19-5-3-4-8-33-19/h6-7,9-14,19,31H,3-5,8,15H2,1-2H3/b27-23+. The second-order valence-corrected chi connectivity index (χ2v) is 8.16. The normalized spacial score (nSPS) is 16.9. The summed E-state index contributed by atoms with van der Waals surface area (Å²) in [5.41, 5.74) is 4.41. The number of aryl methyl sites for hydroxylation is 1. The van der Waals surface area contributed by atoms with E-state index < -0.39 is 0 Å². The number of phenols is 1. The summed E-state index contributed by atoms with van der Waals surface area (Å²) >= 11 is 0. The van der Waals surface area contributed by atoms with Gasteiger partial charge in [-0.1, -0.05) is 0 Å². The van der Waals surface area contributed by atoms with Crippen molar-refractivity contribution in [2.45, 2.75) is 31.9 Å². The number of ether oxygens (including phenoxy) is 2. The molecule has 1 aromatic carbocycles. The topological polar surface area (TPSA) is 99.6 Å². The van der Waals surface area contributed by atoms with Crippen LogP contribution >= 0.6 is 0 Å². The lowest BCUT2D eigenvalue weighted by atomic mass is 10.1. The molecule has 9 nitrogen and oxygen atoms in total. The van der Waals surface area contributed by atoms with Crippen molar-refractivity contribution in [2.75, 3.05) is 13.7 Å². The molecule has 9 heteroatoms. The molecule has 4 aromatic rings. The summed E-state index contributed by atoms with van der Waals surface area (Å²) < 4.78 is 15.1. The van der Waals surface area contributed by atoms with Gasteiger partial charge in [0.15, 0.2) is 5.65 Å². The van der Waals surface area contributed by atoms with Crippen LogP contribution in [0, 0.1) is 0 Å². The number of hydrogen-bond acceptors (Lipinski definition) is 7. The second kappa shape index (κ2) is 9.03. The van der Waals surface area contributed by atoms with Gasteiger partial charge < -0.3 is 19.1 Å². The van der Waals surface area contributed by atoms with Crippen LogP contribution in [-0.4, -0.2) is 49.2 Å². The van der Waals surface area contributed by atoms with E-state index in [-0.39, 0.29) is 11.9 Å². The summed E-state index contributed by atoms with van der Waals surface area (Å²) in [6.07, 6.45) is 8.73. The molecule has 1 aliphatic rings. The molecule has 33 heavy (non-hydrogen) atoms. The van der Waals surface area contributed by atoms with Gasteiger partial charge in [-0.15, -0.1) is 0 Å². The van der Waals surface area contributed by atoms with Crippen LogP contribution < -0.4 is 10.2 Å². The van der Waals surface area contributed by atoms with Crippen molar-refractivity contribution in [1.29, 1.82) is 0 Å². The molecule has 1 N–H and O–H groups in total. The lowest BCUT2D eigenvalue weighted by Gasteiger charge is -2.24. The Hall–Kier alpha value is -3.72. The Kier molecular flexibility index (Phi) is 5.78. The van der Waals surface area contributed by atoms with Crippen LogP contribution in [0.4, 0.5) is 5.69 Å². The Morgan fingerprint density at radius 3 is 2.88 bits per heavy atom. The first-order valence-corrected chi connectivity index (χ1v) is 11.0. The van der Waals surface area contributed by atoms with E-state index in [0.717, 1.165) is 48.3 Å². The molecule has 0 amide bonds. The lowest BCUT2D eigenvalue weighted by Crippen LogP contribution is -2.31. The highest BCUT2D eigenvalue weighted by Crippen LogP contribution is 2.27. The molecule has 0 bridgehead atoms. The number of fused-ring (bicyclic) bond motifs is 1. The van der Waals surface area contributed by atoms with Crippen LogP contribution in [-0.2, 0) is 18.3 Å². The first-order chi connectivity index (χ1) is 16.1. The van der Waals surface area contributed by atoms with Crippen LogP contribution in [0.1, 0.15) is 19.3 Å². The van der Waals surface area contributed by atoms with Crippen molar-refractivity contribution in [2.24, 2.45) is 12.0 Å². The van der Waals surface area contributed by atoms with E-state index >= 15 is 0 Å². The zero-order valence-corrected chi connectivity index (χ0v) is 18.7. The first kappa shape index (κ1) is 21.1. The highest BCUT2D eigenvalue weighted by Gasteiger charge is 2.17. The number of rotatable bonds is 5. The Morgan fingerprint density at radius 2 is 2.12 bits per heavy atom. The van der Waals surface area contributed by atoms with E-state index in [1.54, 1.807) is 42.4 Å². The molecule has 1 unspecified atom stereocenters. The number of benzene rings is 1. The molecule has 170 valence electrons. The summed E-state index contributed by atoms with van der Waals surface area (Å²) in [6.45, 7) is 1.37. The van der Waals surface area contributed by atoms with Gasteiger partial charge in [-0.3, -0.25) is 9.67 Å². The van der Waals surface area contributed by atoms with Gasteiger partial charge in [0, 0.05) is 43.6 Å². The second-order valence-electron chi connectivity index (χ2n) is 8.16. The van der Waals surface area contributed by atoms with Crippen molar-refractivity contribution in [1.82, 2.24) is 24.3 Å². The van der Waals surface area contributed by atoms with Crippen molar-refractivity contribution >= 4 is 16.9 Å². The highest BCUT2D eigenvalue weighted by molar-refractivity contribution is 5.73. The molecular weight excluding hydrogens is 420 g/mol. The van der Waals surface area contributed by atoms with Crippen molar-refractivity contribution in [3.8, 4) is 22.8 Å². The number of aromatic hydroxyl groups is 1.